The molecule has 4 nitrogen and oxygen atoms in total. The summed E-state index contributed by atoms with van der Waals surface area (Å²) in [5, 5.41) is 4.01. The number of rotatable bonds is 5. The van der Waals surface area contributed by atoms with Gasteiger partial charge in [-0.1, -0.05) is 6.07 Å². The van der Waals surface area contributed by atoms with Crippen molar-refractivity contribution in [2.75, 3.05) is 11.9 Å². The van der Waals surface area contributed by atoms with Gasteiger partial charge < -0.3 is 4.90 Å². The predicted octanol–water partition coefficient (Wildman–Crippen LogP) is 4.69. The lowest BCUT2D eigenvalue weighted by atomic mass is 10.1. The summed E-state index contributed by atoms with van der Waals surface area (Å²) in [7, 11) is 1.74. The van der Waals surface area contributed by atoms with E-state index in [0.29, 0.717) is 12.1 Å². The summed E-state index contributed by atoms with van der Waals surface area (Å²) in [4.78, 5) is 13.8. The van der Waals surface area contributed by atoms with Crippen molar-refractivity contribution in [1.29, 1.82) is 0 Å². The SMILES string of the molecule is CC(Cc1ccsc1)N(C)c1cc(C(F)(F)F)nc(-c2ccccn2)n1. The molecule has 3 rings (SSSR count). The minimum Gasteiger partial charge on any atom is -0.357 e. The largest absolute Gasteiger partial charge is 0.433 e. The zero-order valence-corrected chi connectivity index (χ0v) is 15.1. The predicted molar refractivity (Wildman–Crippen MR) is 96.2 cm³/mol. The van der Waals surface area contributed by atoms with Gasteiger partial charge >= 0.3 is 6.18 Å². The molecule has 0 saturated heterocycles. The maximum Gasteiger partial charge on any atom is 0.433 e. The van der Waals surface area contributed by atoms with Gasteiger partial charge in [-0.15, -0.1) is 0 Å². The third-order valence-corrected chi connectivity index (χ3v) is 4.76. The molecular formula is C18H17F3N4S. The van der Waals surface area contributed by atoms with E-state index >= 15 is 0 Å². The molecule has 0 bridgehead atoms. The van der Waals surface area contributed by atoms with Gasteiger partial charge in [-0.3, -0.25) is 4.98 Å². The molecule has 0 saturated carbocycles. The molecule has 3 aromatic heterocycles. The Kier molecular flexibility index (Phi) is 5.22. The smallest absolute Gasteiger partial charge is 0.357 e. The molecule has 1 unspecified atom stereocenters. The van der Waals surface area contributed by atoms with Gasteiger partial charge in [0.05, 0.1) is 0 Å². The molecular weight excluding hydrogens is 361 g/mol. The number of hydrogen-bond donors (Lipinski definition) is 0. The molecule has 8 heteroatoms. The van der Waals surface area contributed by atoms with Crippen molar-refractivity contribution in [2.45, 2.75) is 25.6 Å². The quantitative estimate of drug-likeness (QED) is 0.646. The Bertz CT molecular complexity index is 851. The van der Waals surface area contributed by atoms with E-state index in [0.717, 1.165) is 11.6 Å². The second kappa shape index (κ2) is 7.41. The summed E-state index contributed by atoms with van der Waals surface area (Å²) in [5.74, 6) is 0.181. The van der Waals surface area contributed by atoms with E-state index < -0.39 is 11.9 Å². The lowest BCUT2D eigenvalue weighted by Crippen LogP contribution is -2.32. The molecule has 0 aliphatic rings. The zero-order chi connectivity index (χ0) is 18.7. The van der Waals surface area contributed by atoms with Gasteiger partial charge in [0.2, 0.25) is 0 Å². The fourth-order valence-electron chi connectivity index (χ4n) is 2.48. The van der Waals surface area contributed by atoms with E-state index in [1.54, 1.807) is 41.5 Å². The number of pyridine rings is 1. The fourth-order valence-corrected chi connectivity index (χ4v) is 3.16. The average Bonchev–Trinajstić information content (AvgIpc) is 3.13. The number of thiophene rings is 1. The van der Waals surface area contributed by atoms with Crippen molar-refractivity contribution in [3.63, 3.8) is 0 Å². The van der Waals surface area contributed by atoms with Crippen LogP contribution in [0, 0.1) is 0 Å². The Morgan fingerprint density at radius 1 is 1.19 bits per heavy atom. The van der Waals surface area contributed by atoms with Gasteiger partial charge in [0, 0.05) is 25.4 Å². The topological polar surface area (TPSA) is 41.9 Å². The van der Waals surface area contributed by atoms with E-state index in [4.69, 9.17) is 0 Å². The number of anilines is 1. The molecule has 1 atom stereocenters. The van der Waals surface area contributed by atoms with Crippen molar-refractivity contribution in [1.82, 2.24) is 15.0 Å². The Morgan fingerprint density at radius 2 is 2.00 bits per heavy atom. The molecule has 0 fully saturated rings. The van der Waals surface area contributed by atoms with E-state index in [-0.39, 0.29) is 17.7 Å². The molecule has 0 aliphatic heterocycles. The molecule has 0 N–H and O–H groups in total. The number of nitrogens with zero attached hydrogens (tertiary/aromatic N) is 4. The first-order valence-corrected chi connectivity index (χ1v) is 8.90. The first-order chi connectivity index (χ1) is 12.3. The Hall–Kier alpha value is -2.48. The summed E-state index contributed by atoms with van der Waals surface area (Å²) in [6, 6.07) is 7.93. The second-order valence-electron chi connectivity index (χ2n) is 5.94. The third kappa shape index (κ3) is 4.19. The highest BCUT2D eigenvalue weighted by atomic mass is 32.1. The van der Waals surface area contributed by atoms with Crippen LogP contribution >= 0.6 is 11.3 Å². The van der Waals surface area contributed by atoms with Crippen LogP contribution in [0.5, 0.6) is 0 Å². The molecule has 0 aromatic carbocycles. The molecule has 0 radical (unpaired) electrons. The van der Waals surface area contributed by atoms with Crippen LogP contribution < -0.4 is 4.90 Å². The number of alkyl halides is 3. The van der Waals surface area contributed by atoms with Crippen LogP contribution in [0.3, 0.4) is 0 Å². The maximum atomic E-state index is 13.3. The second-order valence-corrected chi connectivity index (χ2v) is 6.72. The normalized spacial score (nSPS) is 12.8. The van der Waals surface area contributed by atoms with Crippen molar-refractivity contribution in [2.24, 2.45) is 0 Å². The van der Waals surface area contributed by atoms with Gasteiger partial charge in [0.25, 0.3) is 0 Å². The molecule has 0 aliphatic carbocycles. The van der Waals surface area contributed by atoms with E-state index in [9.17, 15) is 13.2 Å². The minimum absolute atomic E-state index is 0.0304. The number of hydrogen-bond acceptors (Lipinski definition) is 5. The minimum atomic E-state index is -4.56. The van der Waals surface area contributed by atoms with Crippen molar-refractivity contribution >= 4 is 17.2 Å². The highest BCUT2D eigenvalue weighted by Gasteiger charge is 2.34. The van der Waals surface area contributed by atoms with Crippen LogP contribution in [0.2, 0.25) is 0 Å². The Morgan fingerprint density at radius 3 is 2.62 bits per heavy atom. The van der Waals surface area contributed by atoms with E-state index in [1.807, 2.05) is 23.8 Å². The number of aromatic nitrogens is 3. The first kappa shape index (κ1) is 18.3. The summed E-state index contributed by atoms with van der Waals surface area (Å²) >= 11 is 1.59. The van der Waals surface area contributed by atoms with Crippen molar-refractivity contribution in [3.05, 3.63) is 58.5 Å². The van der Waals surface area contributed by atoms with Crippen LogP contribution in [-0.4, -0.2) is 28.0 Å². The summed E-state index contributed by atoms with van der Waals surface area (Å²) < 4.78 is 39.9. The lowest BCUT2D eigenvalue weighted by molar-refractivity contribution is -0.141. The lowest BCUT2D eigenvalue weighted by Gasteiger charge is -2.26. The molecule has 136 valence electrons. The highest BCUT2D eigenvalue weighted by molar-refractivity contribution is 7.07. The third-order valence-electron chi connectivity index (χ3n) is 4.03. The standard InChI is InChI=1S/C18H17F3N4S/c1-12(9-13-6-8-26-11-13)25(2)16-10-15(18(19,20)21)23-17(24-16)14-5-3-4-7-22-14/h3-8,10-12H,9H2,1-2H3. The number of likely N-dealkylation sites (N-methyl/N-ethyl adjacent to an activating group) is 1. The molecule has 3 aromatic rings. The van der Waals surface area contributed by atoms with Crippen LogP contribution in [0.1, 0.15) is 18.2 Å². The molecule has 26 heavy (non-hydrogen) atoms. The van der Waals surface area contributed by atoms with Crippen LogP contribution in [0.25, 0.3) is 11.5 Å². The van der Waals surface area contributed by atoms with E-state index in [2.05, 4.69) is 15.0 Å². The Balaban J connectivity index is 1.97. The van der Waals surface area contributed by atoms with Gasteiger partial charge in [-0.2, -0.15) is 24.5 Å². The first-order valence-electron chi connectivity index (χ1n) is 7.96. The van der Waals surface area contributed by atoms with Crippen LogP contribution in [0.4, 0.5) is 19.0 Å². The molecule has 3 heterocycles. The molecule has 0 amide bonds. The van der Waals surface area contributed by atoms with Gasteiger partial charge in [-0.25, -0.2) is 9.97 Å². The summed E-state index contributed by atoms with van der Waals surface area (Å²) in [5.41, 5.74) is 0.473. The summed E-state index contributed by atoms with van der Waals surface area (Å²) in [6.45, 7) is 1.95. The Labute approximate surface area is 153 Å². The van der Waals surface area contributed by atoms with E-state index in [1.165, 1.54) is 6.20 Å². The zero-order valence-electron chi connectivity index (χ0n) is 14.2. The van der Waals surface area contributed by atoms with Gasteiger partial charge in [0.15, 0.2) is 11.5 Å². The number of halogens is 3. The van der Waals surface area contributed by atoms with Crippen molar-refractivity contribution < 1.29 is 13.2 Å². The van der Waals surface area contributed by atoms with Crippen LogP contribution in [0.15, 0.2) is 47.3 Å². The summed E-state index contributed by atoms with van der Waals surface area (Å²) in [6.07, 6.45) is -2.34. The average molecular weight is 378 g/mol. The fraction of sp³-hybridized carbons (Fsp3) is 0.278. The van der Waals surface area contributed by atoms with Gasteiger partial charge in [0.1, 0.15) is 11.5 Å². The van der Waals surface area contributed by atoms with Crippen LogP contribution in [-0.2, 0) is 12.6 Å². The maximum absolute atomic E-state index is 13.3. The highest BCUT2D eigenvalue weighted by Crippen LogP contribution is 2.31. The van der Waals surface area contributed by atoms with Crippen molar-refractivity contribution in [3.8, 4) is 11.5 Å². The molecule has 0 spiro atoms. The van der Waals surface area contributed by atoms with Gasteiger partial charge in [-0.05, 0) is 47.9 Å². The monoisotopic (exact) mass is 378 g/mol.